The first kappa shape index (κ1) is 19.6. The highest BCUT2D eigenvalue weighted by Gasteiger charge is 2.37. The van der Waals surface area contributed by atoms with Crippen LogP contribution in [0.25, 0.3) is 0 Å². The zero-order chi connectivity index (χ0) is 19.7. The van der Waals surface area contributed by atoms with E-state index in [0.717, 1.165) is 6.07 Å². The topological polar surface area (TPSA) is 53.5 Å². The van der Waals surface area contributed by atoms with Crippen LogP contribution in [0.15, 0.2) is 42.6 Å². The Hall–Kier alpha value is -2.20. The highest BCUT2D eigenvalue weighted by molar-refractivity contribution is 7.88. The monoisotopic (exact) mass is 403 g/mol. The van der Waals surface area contributed by atoms with E-state index in [4.69, 9.17) is 0 Å². The van der Waals surface area contributed by atoms with Crippen molar-refractivity contribution < 1.29 is 26.0 Å². The molecule has 10 heteroatoms. The highest BCUT2D eigenvalue weighted by Crippen LogP contribution is 2.35. The van der Waals surface area contributed by atoms with Crippen molar-refractivity contribution in [3.63, 3.8) is 0 Å². The minimum absolute atomic E-state index is 0.0530. The first-order valence-corrected chi connectivity index (χ1v) is 9.77. The van der Waals surface area contributed by atoms with Gasteiger partial charge in [-0.15, -0.1) is 0 Å². The van der Waals surface area contributed by atoms with Crippen LogP contribution in [-0.4, -0.2) is 43.9 Å². The summed E-state index contributed by atoms with van der Waals surface area (Å²) in [5, 5.41) is 0. The number of aromatic nitrogens is 1. The summed E-state index contributed by atoms with van der Waals surface area (Å²) < 4.78 is 78.7. The van der Waals surface area contributed by atoms with E-state index in [1.54, 1.807) is 0 Å². The second-order valence-corrected chi connectivity index (χ2v) is 8.11. The Morgan fingerprint density at radius 3 is 2.22 bits per heavy atom. The largest absolute Gasteiger partial charge is 0.419 e. The summed E-state index contributed by atoms with van der Waals surface area (Å²) in [5.41, 5.74) is -0.393. The molecule has 0 unspecified atom stereocenters. The van der Waals surface area contributed by atoms with Crippen molar-refractivity contribution in [3.8, 4) is 0 Å². The van der Waals surface area contributed by atoms with E-state index < -0.39 is 27.6 Å². The fourth-order valence-corrected chi connectivity index (χ4v) is 4.45. The van der Waals surface area contributed by atoms with Gasteiger partial charge in [0.15, 0.2) is 0 Å². The van der Waals surface area contributed by atoms with Gasteiger partial charge in [0.25, 0.3) is 0 Å². The lowest BCUT2D eigenvalue weighted by molar-refractivity contribution is -0.137. The third kappa shape index (κ3) is 4.56. The Kier molecular flexibility index (Phi) is 5.38. The van der Waals surface area contributed by atoms with Crippen molar-refractivity contribution in [1.29, 1.82) is 0 Å². The lowest BCUT2D eigenvalue weighted by Gasteiger charge is -2.35. The van der Waals surface area contributed by atoms with Crippen molar-refractivity contribution in [1.82, 2.24) is 9.29 Å². The minimum atomic E-state index is -4.53. The Bertz CT molecular complexity index is 893. The zero-order valence-electron chi connectivity index (χ0n) is 14.2. The van der Waals surface area contributed by atoms with Crippen LogP contribution in [0, 0.1) is 5.82 Å². The smallest absolute Gasteiger partial charge is 0.353 e. The first-order chi connectivity index (χ1) is 12.7. The molecular formula is C17H17F4N3O2S. The average molecular weight is 403 g/mol. The number of rotatable bonds is 4. The predicted octanol–water partition coefficient (Wildman–Crippen LogP) is 2.89. The van der Waals surface area contributed by atoms with Crippen LogP contribution in [0.2, 0.25) is 0 Å². The van der Waals surface area contributed by atoms with E-state index in [9.17, 15) is 26.0 Å². The molecule has 3 rings (SSSR count). The number of benzene rings is 1. The molecule has 1 aliphatic heterocycles. The van der Waals surface area contributed by atoms with Crippen molar-refractivity contribution in [2.75, 3.05) is 31.1 Å². The lowest BCUT2D eigenvalue weighted by Crippen LogP contribution is -2.49. The summed E-state index contributed by atoms with van der Waals surface area (Å²) >= 11 is 0. The zero-order valence-corrected chi connectivity index (χ0v) is 15.0. The fraction of sp³-hybridized carbons (Fsp3) is 0.353. The molecule has 0 amide bonds. The molecule has 1 aromatic carbocycles. The molecule has 27 heavy (non-hydrogen) atoms. The van der Waals surface area contributed by atoms with Gasteiger partial charge in [-0.2, -0.15) is 17.5 Å². The van der Waals surface area contributed by atoms with Gasteiger partial charge in [0.05, 0.1) is 11.3 Å². The number of anilines is 1. The molecule has 5 nitrogen and oxygen atoms in total. The molecule has 1 aliphatic rings. The van der Waals surface area contributed by atoms with Gasteiger partial charge in [0, 0.05) is 32.4 Å². The maximum Gasteiger partial charge on any atom is 0.419 e. The number of nitrogens with zero attached hydrogens (tertiary/aromatic N) is 3. The molecule has 0 N–H and O–H groups in total. The van der Waals surface area contributed by atoms with Crippen LogP contribution in [0.1, 0.15) is 11.1 Å². The maximum absolute atomic E-state index is 13.1. The SMILES string of the molecule is O=S(=O)(Cc1ccc(F)cc1)N1CCN(c2ncccc2C(F)(F)F)CC1. The molecule has 0 radical (unpaired) electrons. The quantitative estimate of drug-likeness (QED) is 0.737. The van der Waals surface area contributed by atoms with Crippen LogP contribution in [0.3, 0.4) is 0 Å². The summed E-state index contributed by atoms with van der Waals surface area (Å²) in [4.78, 5) is 5.27. The second kappa shape index (κ2) is 7.43. The van der Waals surface area contributed by atoms with E-state index in [2.05, 4.69) is 4.98 Å². The Morgan fingerprint density at radius 2 is 1.63 bits per heavy atom. The Balaban J connectivity index is 1.69. The van der Waals surface area contributed by atoms with Gasteiger partial charge in [-0.3, -0.25) is 0 Å². The Morgan fingerprint density at radius 1 is 1.00 bits per heavy atom. The van der Waals surface area contributed by atoms with Crippen LogP contribution < -0.4 is 4.90 Å². The van der Waals surface area contributed by atoms with Crippen LogP contribution in [-0.2, 0) is 22.0 Å². The molecule has 0 bridgehead atoms. The van der Waals surface area contributed by atoms with Crippen LogP contribution >= 0.6 is 0 Å². The number of pyridine rings is 1. The first-order valence-electron chi connectivity index (χ1n) is 8.16. The second-order valence-electron chi connectivity index (χ2n) is 6.14. The highest BCUT2D eigenvalue weighted by atomic mass is 32.2. The van der Waals surface area contributed by atoms with Crippen LogP contribution in [0.4, 0.5) is 23.4 Å². The lowest BCUT2D eigenvalue weighted by atomic mass is 10.2. The molecule has 0 atom stereocenters. The summed E-state index contributed by atoms with van der Waals surface area (Å²) in [6.07, 6.45) is -3.25. The van der Waals surface area contributed by atoms with Gasteiger partial charge >= 0.3 is 6.18 Å². The number of hydrogen-bond acceptors (Lipinski definition) is 4. The number of halogens is 4. The van der Waals surface area contributed by atoms with Crippen molar-refractivity contribution >= 4 is 15.8 Å². The summed E-state index contributed by atoms with van der Waals surface area (Å²) in [6.45, 7) is 0.306. The summed E-state index contributed by atoms with van der Waals surface area (Å²) in [5.74, 6) is -0.939. The molecule has 0 spiro atoms. The molecule has 2 aromatic rings. The Labute approximate surface area is 154 Å². The van der Waals surface area contributed by atoms with E-state index in [1.165, 1.54) is 45.7 Å². The predicted molar refractivity (Wildman–Crippen MR) is 92.0 cm³/mol. The fourth-order valence-electron chi connectivity index (χ4n) is 2.93. The molecular weight excluding hydrogens is 386 g/mol. The van der Waals surface area contributed by atoms with E-state index >= 15 is 0 Å². The van der Waals surface area contributed by atoms with E-state index in [1.807, 2.05) is 0 Å². The molecule has 1 fully saturated rings. The number of piperazine rings is 1. The third-order valence-electron chi connectivity index (χ3n) is 4.29. The molecule has 2 heterocycles. The molecule has 1 aromatic heterocycles. The summed E-state index contributed by atoms with van der Waals surface area (Å²) in [6, 6.07) is 7.33. The normalized spacial score (nSPS) is 16.5. The van der Waals surface area contributed by atoms with Gasteiger partial charge < -0.3 is 4.90 Å². The van der Waals surface area contributed by atoms with Gasteiger partial charge in [-0.25, -0.2) is 17.8 Å². The number of sulfonamides is 1. The van der Waals surface area contributed by atoms with Gasteiger partial charge in [-0.05, 0) is 29.8 Å². The third-order valence-corrected chi connectivity index (χ3v) is 6.14. The number of alkyl halides is 3. The number of hydrogen-bond donors (Lipinski definition) is 0. The van der Waals surface area contributed by atoms with Crippen molar-refractivity contribution in [3.05, 3.63) is 59.5 Å². The van der Waals surface area contributed by atoms with Gasteiger partial charge in [0.2, 0.25) is 10.0 Å². The molecule has 0 saturated carbocycles. The minimum Gasteiger partial charge on any atom is -0.353 e. The maximum atomic E-state index is 13.1. The molecule has 146 valence electrons. The van der Waals surface area contributed by atoms with Crippen molar-refractivity contribution in [2.45, 2.75) is 11.9 Å². The molecule has 0 aliphatic carbocycles. The van der Waals surface area contributed by atoms with Gasteiger partial charge in [-0.1, -0.05) is 12.1 Å². The summed E-state index contributed by atoms with van der Waals surface area (Å²) in [7, 11) is -3.65. The van der Waals surface area contributed by atoms with Crippen molar-refractivity contribution in [2.24, 2.45) is 0 Å². The van der Waals surface area contributed by atoms with E-state index in [-0.39, 0.29) is 37.7 Å². The molecule has 1 saturated heterocycles. The van der Waals surface area contributed by atoms with E-state index in [0.29, 0.717) is 5.56 Å². The van der Waals surface area contributed by atoms with Crippen LogP contribution in [0.5, 0.6) is 0 Å². The standard InChI is InChI=1S/C17H17F4N3O2S/c18-14-5-3-13(4-6-14)12-27(25,26)24-10-8-23(9-11-24)16-15(17(19,20)21)2-1-7-22-16/h1-7H,8-12H2. The average Bonchev–Trinajstić information content (AvgIpc) is 2.63. The van der Waals surface area contributed by atoms with Gasteiger partial charge in [0.1, 0.15) is 11.6 Å².